The second kappa shape index (κ2) is 10.8. The number of rotatable bonds is 6. The molecule has 0 bridgehead atoms. The average Bonchev–Trinajstić information content (AvgIpc) is 2.91. The Morgan fingerprint density at radius 3 is 2.56 bits per heavy atom. The van der Waals surface area contributed by atoms with Crippen molar-refractivity contribution in [1.82, 2.24) is 0 Å². The van der Waals surface area contributed by atoms with Crippen molar-refractivity contribution in [2.24, 2.45) is 4.99 Å². The number of esters is 1. The van der Waals surface area contributed by atoms with Gasteiger partial charge in [-0.15, -0.1) is 0 Å². The first-order valence-electron chi connectivity index (χ1n) is 10.5. The number of carbonyl (C=O) groups is 2. The Balaban J connectivity index is 1.80. The molecular formula is C24H24F3N3O3S. The van der Waals surface area contributed by atoms with E-state index in [1.807, 2.05) is 26.0 Å². The summed E-state index contributed by atoms with van der Waals surface area (Å²) in [6.45, 7) is 5.86. The molecule has 1 aliphatic rings. The highest BCUT2D eigenvalue weighted by Gasteiger charge is 2.33. The molecule has 2 aromatic carbocycles. The first kappa shape index (κ1) is 25.4. The molecule has 1 heterocycles. The molecule has 2 aromatic rings. The number of hydrogen-bond acceptors (Lipinski definition) is 6. The Labute approximate surface area is 199 Å². The number of anilines is 2. The molecule has 0 fully saturated rings. The summed E-state index contributed by atoms with van der Waals surface area (Å²) in [5.74, 6) is -1.20. The van der Waals surface area contributed by atoms with Crippen LogP contribution in [0.3, 0.4) is 0 Å². The van der Waals surface area contributed by atoms with E-state index in [2.05, 4.69) is 15.6 Å². The van der Waals surface area contributed by atoms with Gasteiger partial charge in [-0.2, -0.15) is 13.2 Å². The predicted octanol–water partition coefficient (Wildman–Crippen LogP) is 5.99. The number of hydrogen-bond donors (Lipinski definition) is 2. The van der Waals surface area contributed by atoms with Gasteiger partial charge in [-0.1, -0.05) is 23.9 Å². The van der Waals surface area contributed by atoms with Crippen molar-refractivity contribution in [1.29, 1.82) is 0 Å². The lowest BCUT2D eigenvalue weighted by Gasteiger charge is -2.13. The fourth-order valence-electron chi connectivity index (χ4n) is 3.20. The molecule has 1 aliphatic heterocycles. The van der Waals surface area contributed by atoms with Gasteiger partial charge in [-0.25, -0.2) is 4.99 Å². The van der Waals surface area contributed by atoms with Gasteiger partial charge in [-0.05, 0) is 62.2 Å². The van der Waals surface area contributed by atoms with Gasteiger partial charge in [0.1, 0.15) is 0 Å². The molecule has 0 atom stereocenters. The van der Waals surface area contributed by atoms with Crippen LogP contribution < -0.4 is 10.6 Å². The Morgan fingerprint density at radius 2 is 1.85 bits per heavy atom. The van der Waals surface area contributed by atoms with Crippen LogP contribution in [0.2, 0.25) is 0 Å². The van der Waals surface area contributed by atoms with Gasteiger partial charge in [0.05, 0.1) is 46.4 Å². The van der Waals surface area contributed by atoms with Crippen molar-refractivity contribution in [3.05, 3.63) is 64.9 Å². The number of fused-ring (bicyclic) bond motifs is 1. The molecule has 180 valence electrons. The van der Waals surface area contributed by atoms with E-state index in [9.17, 15) is 22.8 Å². The minimum Gasteiger partial charge on any atom is -0.466 e. The first-order valence-corrected chi connectivity index (χ1v) is 11.5. The van der Waals surface area contributed by atoms with Gasteiger partial charge in [0.15, 0.2) is 0 Å². The topological polar surface area (TPSA) is 79.8 Å². The van der Waals surface area contributed by atoms with Crippen LogP contribution in [0, 0.1) is 13.8 Å². The van der Waals surface area contributed by atoms with Crippen molar-refractivity contribution in [3.8, 4) is 0 Å². The maximum absolute atomic E-state index is 13.2. The van der Waals surface area contributed by atoms with Crippen LogP contribution in [0.5, 0.6) is 0 Å². The van der Waals surface area contributed by atoms with Gasteiger partial charge in [-0.3, -0.25) is 9.59 Å². The van der Waals surface area contributed by atoms with Gasteiger partial charge in [0.2, 0.25) is 5.91 Å². The minimum atomic E-state index is -4.58. The molecule has 10 heteroatoms. The lowest BCUT2D eigenvalue weighted by molar-refractivity contribution is -0.142. The standard InChI is InChI=1S/C24H24F3N3O3S/c1-4-33-23(32)12-16-11-22(30-20-10-15(3)14(2)9-19(20)28-16)34-13-21(31)29-18-8-6-5-7-17(18)24(25,26)27/h5-11,28H,4,12-13H2,1-3H3,(H,29,31). The molecule has 3 rings (SSSR count). The molecule has 0 aliphatic carbocycles. The van der Waals surface area contributed by atoms with E-state index in [4.69, 9.17) is 4.74 Å². The number of halogens is 3. The Kier molecular flexibility index (Phi) is 8.03. The zero-order valence-electron chi connectivity index (χ0n) is 18.9. The lowest BCUT2D eigenvalue weighted by Crippen LogP contribution is -2.18. The number of nitrogens with one attached hydrogen (secondary N) is 2. The van der Waals surface area contributed by atoms with Gasteiger partial charge >= 0.3 is 12.1 Å². The van der Waals surface area contributed by atoms with Crippen molar-refractivity contribution < 1.29 is 27.5 Å². The largest absolute Gasteiger partial charge is 0.466 e. The monoisotopic (exact) mass is 491 g/mol. The molecule has 0 saturated heterocycles. The highest BCUT2D eigenvalue weighted by Crippen LogP contribution is 2.35. The fraction of sp³-hybridized carbons (Fsp3) is 0.292. The number of alkyl halides is 3. The molecule has 6 nitrogen and oxygen atoms in total. The minimum absolute atomic E-state index is 0.0229. The van der Waals surface area contributed by atoms with E-state index in [1.165, 1.54) is 18.2 Å². The van der Waals surface area contributed by atoms with Crippen LogP contribution in [0.15, 0.2) is 53.2 Å². The smallest absolute Gasteiger partial charge is 0.418 e. The molecular weight excluding hydrogens is 467 g/mol. The predicted molar refractivity (Wildman–Crippen MR) is 128 cm³/mol. The van der Waals surface area contributed by atoms with Crippen molar-refractivity contribution in [2.45, 2.75) is 33.4 Å². The Bertz CT molecular complexity index is 1160. The third kappa shape index (κ3) is 6.63. The fourth-order valence-corrected chi connectivity index (χ4v) is 3.94. The summed E-state index contributed by atoms with van der Waals surface area (Å²) in [5, 5.41) is 5.97. The number of para-hydroxylation sites is 1. The molecule has 0 spiro atoms. The second-order valence-corrected chi connectivity index (χ2v) is 8.56. The van der Waals surface area contributed by atoms with E-state index in [-0.39, 0.29) is 24.5 Å². The first-order chi connectivity index (χ1) is 16.1. The average molecular weight is 492 g/mol. The third-order valence-corrected chi connectivity index (χ3v) is 5.84. The highest BCUT2D eigenvalue weighted by atomic mass is 32.2. The summed E-state index contributed by atoms with van der Waals surface area (Å²) in [4.78, 5) is 29.1. The molecule has 1 amide bonds. The van der Waals surface area contributed by atoms with E-state index < -0.39 is 23.6 Å². The summed E-state index contributed by atoms with van der Waals surface area (Å²) < 4.78 is 44.6. The van der Waals surface area contributed by atoms with E-state index >= 15 is 0 Å². The van der Waals surface area contributed by atoms with E-state index in [0.29, 0.717) is 22.1 Å². The van der Waals surface area contributed by atoms with Gasteiger partial charge < -0.3 is 15.4 Å². The zero-order chi connectivity index (χ0) is 24.9. The molecule has 0 unspecified atom stereocenters. The lowest BCUT2D eigenvalue weighted by atomic mass is 10.1. The number of carbonyl (C=O) groups excluding carboxylic acids is 2. The normalized spacial score (nSPS) is 13.1. The summed E-state index contributed by atoms with van der Waals surface area (Å²) >= 11 is 1.06. The molecule has 2 N–H and O–H groups in total. The van der Waals surface area contributed by atoms with E-state index in [0.717, 1.165) is 29.0 Å². The maximum atomic E-state index is 13.2. The van der Waals surface area contributed by atoms with E-state index in [1.54, 1.807) is 13.0 Å². The number of aliphatic imine (C=N–C) groups is 1. The molecule has 0 saturated carbocycles. The van der Waals surface area contributed by atoms with Crippen LogP contribution in [0.1, 0.15) is 30.0 Å². The summed E-state index contributed by atoms with van der Waals surface area (Å²) in [7, 11) is 0. The molecule has 0 aromatic heterocycles. The van der Waals surface area contributed by atoms with Crippen LogP contribution in [-0.4, -0.2) is 29.3 Å². The maximum Gasteiger partial charge on any atom is 0.418 e. The van der Waals surface area contributed by atoms with Crippen LogP contribution >= 0.6 is 11.8 Å². The summed E-state index contributed by atoms with van der Waals surface area (Å²) in [5.41, 5.74) is 2.71. The number of nitrogens with zero attached hydrogens (tertiary/aromatic N) is 1. The third-order valence-electron chi connectivity index (χ3n) is 4.93. The number of benzene rings is 2. The zero-order valence-corrected chi connectivity index (χ0v) is 19.7. The molecule has 0 radical (unpaired) electrons. The van der Waals surface area contributed by atoms with Crippen molar-refractivity contribution in [2.75, 3.05) is 23.0 Å². The number of amides is 1. The number of aryl methyl sites for hydroxylation is 2. The number of thioether (sulfide) groups is 1. The number of ether oxygens (including phenoxy) is 1. The van der Waals surface area contributed by atoms with Crippen LogP contribution in [0.4, 0.5) is 30.2 Å². The quantitative estimate of drug-likeness (QED) is 0.486. The Morgan fingerprint density at radius 1 is 1.15 bits per heavy atom. The van der Waals surface area contributed by atoms with Crippen molar-refractivity contribution in [3.63, 3.8) is 0 Å². The van der Waals surface area contributed by atoms with Gasteiger partial charge in [0, 0.05) is 5.70 Å². The van der Waals surface area contributed by atoms with Gasteiger partial charge in [0.25, 0.3) is 0 Å². The summed E-state index contributed by atoms with van der Waals surface area (Å²) in [6.07, 6.45) is -2.97. The highest BCUT2D eigenvalue weighted by molar-refractivity contribution is 8.14. The van der Waals surface area contributed by atoms with Crippen LogP contribution in [-0.2, 0) is 20.5 Å². The van der Waals surface area contributed by atoms with Crippen LogP contribution in [0.25, 0.3) is 0 Å². The van der Waals surface area contributed by atoms with Crippen molar-refractivity contribution >= 4 is 45.7 Å². The SMILES string of the molecule is CCOC(=O)CC1=CC(SCC(=O)Nc2ccccc2C(F)(F)F)=Nc2cc(C)c(C)cc2N1. The second-order valence-electron chi connectivity index (χ2n) is 7.56. The Hall–Kier alpha value is -3.27. The summed E-state index contributed by atoms with van der Waals surface area (Å²) in [6, 6.07) is 8.61. The molecule has 34 heavy (non-hydrogen) atoms.